The number of hydrogen-bond donors (Lipinski definition) is 4. The smallest absolute Gasteiger partial charge is 0.307 e. The average Bonchev–Trinajstić information content (AvgIpc) is 2.62. The van der Waals surface area contributed by atoms with Gasteiger partial charge in [-0.15, -0.1) is 0 Å². The Morgan fingerprint density at radius 2 is 1.30 bits per heavy atom. The monoisotopic (exact) mass is 382 g/mol. The minimum absolute atomic E-state index is 0.0169. The van der Waals surface area contributed by atoms with E-state index in [0.29, 0.717) is 12.5 Å². The van der Waals surface area contributed by atoms with E-state index in [1.165, 1.54) is 0 Å². The third-order valence-electron chi connectivity index (χ3n) is 6.01. The first-order valence-electron chi connectivity index (χ1n) is 9.78. The minimum Gasteiger partial charge on any atom is -0.481 e. The molecule has 0 aliphatic heterocycles. The Morgan fingerprint density at radius 3 is 1.78 bits per heavy atom. The first kappa shape index (κ1) is 21.2. The van der Waals surface area contributed by atoms with Crippen molar-refractivity contribution in [2.75, 3.05) is 6.54 Å². The summed E-state index contributed by atoms with van der Waals surface area (Å²) in [7, 11) is 0. The summed E-state index contributed by atoms with van der Waals surface area (Å²) in [6, 6.07) is 0.0169. The molecular formula is C19H30N2O6. The van der Waals surface area contributed by atoms with Crippen LogP contribution in [0.5, 0.6) is 0 Å². The summed E-state index contributed by atoms with van der Waals surface area (Å²) in [6.45, 7) is 4.24. The average molecular weight is 382 g/mol. The highest BCUT2D eigenvalue weighted by atomic mass is 16.4. The zero-order valence-corrected chi connectivity index (χ0v) is 15.9. The van der Waals surface area contributed by atoms with E-state index < -0.39 is 41.5 Å². The van der Waals surface area contributed by atoms with Gasteiger partial charge in [-0.2, -0.15) is 0 Å². The SMILES string of the molecule is CCNC(=O)C1CC(C(=O)NC2CCC(C)CC2)C(C(=O)O)CC1C(=O)O. The molecule has 2 amide bonds. The first-order chi connectivity index (χ1) is 12.7. The van der Waals surface area contributed by atoms with E-state index in [9.17, 15) is 29.4 Å². The summed E-state index contributed by atoms with van der Waals surface area (Å²) < 4.78 is 0. The Morgan fingerprint density at radius 1 is 0.815 bits per heavy atom. The Hall–Kier alpha value is -2.12. The minimum atomic E-state index is -1.20. The number of carbonyl (C=O) groups is 4. The molecule has 4 atom stereocenters. The quantitative estimate of drug-likeness (QED) is 0.546. The lowest BCUT2D eigenvalue weighted by Gasteiger charge is -2.37. The molecule has 2 aliphatic rings. The summed E-state index contributed by atoms with van der Waals surface area (Å²) in [5.74, 6) is -6.57. The van der Waals surface area contributed by atoms with Crippen LogP contribution in [0.15, 0.2) is 0 Å². The molecule has 0 saturated heterocycles. The second kappa shape index (κ2) is 9.19. The summed E-state index contributed by atoms with van der Waals surface area (Å²) in [6.07, 6.45) is 3.46. The zero-order chi connectivity index (χ0) is 20.1. The van der Waals surface area contributed by atoms with Crippen LogP contribution in [-0.4, -0.2) is 46.6 Å². The van der Waals surface area contributed by atoms with Gasteiger partial charge < -0.3 is 20.8 Å². The zero-order valence-electron chi connectivity index (χ0n) is 15.9. The maximum absolute atomic E-state index is 12.8. The largest absolute Gasteiger partial charge is 0.481 e. The molecular weight excluding hydrogens is 352 g/mol. The molecule has 0 aromatic carbocycles. The van der Waals surface area contributed by atoms with Crippen LogP contribution >= 0.6 is 0 Å². The summed E-state index contributed by atoms with van der Waals surface area (Å²) in [5, 5.41) is 24.6. The van der Waals surface area contributed by atoms with Gasteiger partial charge in [0.05, 0.1) is 23.7 Å². The van der Waals surface area contributed by atoms with E-state index in [-0.39, 0.29) is 24.8 Å². The van der Waals surface area contributed by atoms with E-state index in [2.05, 4.69) is 17.6 Å². The van der Waals surface area contributed by atoms with Gasteiger partial charge in [0.15, 0.2) is 0 Å². The molecule has 0 radical (unpaired) electrons. The molecule has 2 rings (SSSR count). The first-order valence-corrected chi connectivity index (χ1v) is 9.78. The highest BCUT2D eigenvalue weighted by Gasteiger charge is 2.49. The van der Waals surface area contributed by atoms with Gasteiger partial charge in [-0.3, -0.25) is 19.2 Å². The molecule has 4 N–H and O–H groups in total. The van der Waals surface area contributed by atoms with Crippen molar-refractivity contribution in [3.8, 4) is 0 Å². The van der Waals surface area contributed by atoms with Gasteiger partial charge in [0.25, 0.3) is 0 Å². The van der Waals surface area contributed by atoms with Crippen LogP contribution < -0.4 is 10.6 Å². The van der Waals surface area contributed by atoms with Gasteiger partial charge in [0, 0.05) is 12.6 Å². The topological polar surface area (TPSA) is 133 Å². The number of carbonyl (C=O) groups excluding carboxylic acids is 2. The van der Waals surface area contributed by atoms with Crippen molar-refractivity contribution in [2.45, 2.75) is 58.4 Å². The van der Waals surface area contributed by atoms with Gasteiger partial charge in [0.2, 0.25) is 11.8 Å². The number of aliphatic carboxylic acids is 2. The Kier molecular flexibility index (Phi) is 7.21. The van der Waals surface area contributed by atoms with Gasteiger partial charge >= 0.3 is 11.9 Å². The Labute approximate surface area is 159 Å². The number of rotatable bonds is 6. The molecule has 2 saturated carbocycles. The van der Waals surface area contributed by atoms with Gasteiger partial charge in [-0.25, -0.2) is 0 Å². The van der Waals surface area contributed by atoms with Crippen LogP contribution in [-0.2, 0) is 19.2 Å². The fraction of sp³-hybridized carbons (Fsp3) is 0.789. The van der Waals surface area contributed by atoms with E-state index in [4.69, 9.17) is 0 Å². The van der Waals surface area contributed by atoms with Crippen molar-refractivity contribution in [1.82, 2.24) is 10.6 Å². The van der Waals surface area contributed by atoms with Crippen molar-refractivity contribution >= 4 is 23.8 Å². The number of carboxylic acid groups (broad SMARTS) is 2. The number of amides is 2. The van der Waals surface area contributed by atoms with E-state index in [1.807, 2.05) is 0 Å². The van der Waals surface area contributed by atoms with Crippen molar-refractivity contribution in [1.29, 1.82) is 0 Å². The molecule has 0 heterocycles. The number of carboxylic acids is 2. The molecule has 0 aromatic heterocycles. The number of hydrogen-bond acceptors (Lipinski definition) is 4. The fourth-order valence-corrected chi connectivity index (χ4v) is 4.35. The molecule has 27 heavy (non-hydrogen) atoms. The van der Waals surface area contributed by atoms with Crippen LogP contribution in [0, 0.1) is 29.6 Å². The highest BCUT2D eigenvalue weighted by Crippen LogP contribution is 2.39. The van der Waals surface area contributed by atoms with Crippen LogP contribution in [0.3, 0.4) is 0 Å². The summed E-state index contributed by atoms with van der Waals surface area (Å²) in [5.41, 5.74) is 0. The maximum atomic E-state index is 12.8. The third kappa shape index (κ3) is 5.20. The molecule has 0 spiro atoms. The second-order valence-electron chi connectivity index (χ2n) is 7.93. The molecule has 8 nitrogen and oxygen atoms in total. The Balaban J connectivity index is 2.15. The van der Waals surface area contributed by atoms with Gasteiger partial charge in [-0.1, -0.05) is 6.92 Å². The standard InChI is InChI=1S/C19H30N2O6/c1-3-20-16(22)12-8-13(15(19(26)27)9-14(12)18(24)25)17(23)21-11-6-4-10(2)5-7-11/h10-15H,3-9H2,1-2H3,(H,20,22)(H,21,23)(H,24,25)(H,26,27). The normalized spacial score (nSPS) is 33.7. The van der Waals surface area contributed by atoms with E-state index >= 15 is 0 Å². The predicted molar refractivity (Wildman–Crippen MR) is 96.7 cm³/mol. The number of nitrogens with one attached hydrogen (secondary N) is 2. The highest BCUT2D eigenvalue weighted by molar-refractivity contribution is 5.90. The Bertz CT molecular complexity index is 585. The second-order valence-corrected chi connectivity index (χ2v) is 7.93. The van der Waals surface area contributed by atoms with Crippen molar-refractivity contribution in [2.24, 2.45) is 29.6 Å². The molecule has 4 unspecified atom stereocenters. The van der Waals surface area contributed by atoms with Gasteiger partial charge in [-0.05, 0) is 51.4 Å². The maximum Gasteiger partial charge on any atom is 0.307 e. The van der Waals surface area contributed by atoms with Crippen molar-refractivity contribution in [3.05, 3.63) is 0 Å². The molecule has 2 fully saturated rings. The van der Waals surface area contributed by atoms with Crippen molar-refractivity contribution < 1.29 is 29.4 Å². The van der Waals surface area contributed by atoms with Crippen LogP contribution in [0.1, 0.15) is 52.4 Å². The lowest BCUT2D eigenvalue weighted by atomic mass is 9.67. The lowest BCUT2D eigenvalue weighted by Crippen LogP contribution is -2.51. The molecule has 8 heteroatoms. The molecule has 2 aliphatic carbocycles. The fourth-order valence-electron chi connectivity index (χ4n) is 4.35. The third-order valence-corrected chi connectivity index (χ3v) is 6.01. The van der Waals surface area contributed by atoms with Crippen LogP contribution in [0.4, 0.5) is 0 Å². The van der Waals surface area contributed by atoms with E-state index in [1.54, 1.807) is 6.92 Å². The van der Waals surface area contributed by atoms with Crippen LogP contribution in [0.2, 0.25) is 0 Å². The van der Waals surface area contributed by atoms with Crippen LogP contribution in [0.25, 0.3) is 0 Å². The molecule has 0 aromatic rings. The van der Waals surface area contributed by atoms with Gasteiger partial charge in [0.1, 0.15) is 0 Å². The lowest BCUT2D eigenvalue weighted by molar-refractivity contribution is -0.159. The molecule has 0 bridgehead atoms. The predicted octanol–water partition coefficient (Wildman–Crippen LogP) is 1.25. The van der Waals surface area contributed by atoms with Crippen molar-refractivity contribution in [3.63, 3.8) is 0 Å². The molecule has 152 valence electrons. The summed E-state index contributed by atoms with van der Waals surface area (Å²) in [4.78, 5) is 48.4. The van der Waals surface area contributed by atoms with E-state index in [0.717, 1.165) is 25.7 Å². The summed E-state index contributed by atoms with van der Waals surface area (Å²) >= 11 is 0.